The van der Waals surface area contributed by atoms with Crippen molar-refractivity contribution in [2.45, 2.75) is 6.92 Å². The second kappa shape index (κ2) is 5.96. The SMILES string of the molecule is Cc1cc([N+](=O)[O-])cc(C=Nc2ccc3c(c2)OCCO3)c1O. The first-order valence-electron chi connectivity index (χ1n) is 6.96. The number of fused-ring (bicyclic) bond motifs is 1. The Morgan fingerprint density at radius 2 is 1.96 bits per heavy atom. The van der Waals surface area contributed by atoms with Crippen molar-refractivity contribution >= 4 is 17.6 Å². The van der Waals surface area contributed by atoms with Gasteiger partial charge in [0.1, 0.15) is 19.0 Å². The molecule has 0 saturated carbocycles. The summed E-state index contributed by atoms with van der Waals surface area (Å²) in [6.45, 7) is 2.59. The summed E-state index contributed by atoms with van der Waals surface area (Å²) in [4.78, 5) is 14.6. The van der Waals surface area contributed by atoms with E-state index in [0.717, 1.165) is 0 Å². The average molecular weight is 314 g/mol. The van der Waals surface area contributed by atoms with E-state index >= 15 is 0 Å². The van der Waals surface area contributed by atoms with E-state index in [0.29, 0.717) is 36.0 Å². The van der Waals surface area contributed by atoms with Crippen molar-refractivity contribution in [1.29, 1.82) is 0 Å². The first-order chi connectivity index (χ1) is 11.0. The van der Waals surface area contributed by atoms with Gasteiger partial charge in [0.05, 0.1) is 10.6 Å². The maximum Gasteiger partial charge on any atom is 0.270 e. The highest BCUT2D eigenvalue weighted by Gasteiger charge is 2.13. The summed E-state index contributed by atoms with van der Waals surface area (Å²) in [6, 6.07) is 7.80. The molecular formula is C16H14N2O5. The second-order valence-electron chi connectivity index (χ2n) is 5.04. The zero-order valence-electron chi connectivity index (χ0n) is 12.4. The van der Waals surface area contributed by atoms with Crippen molar-refractivity contribution in [2.24, 2.45) is 4.99 Å². The standard InChI is InChI=1S/C16H14N2O5/c1-10-6-13(18(20)21)7-11(16(10)19)9-17-12-2-3-14-15(8-12)23-5-4-22-14/h2-3,6-9,19H,4-5H2,1H3. The van der Waals surface area contributed by atoms with Crippen LogP contribution in [0.25, 0.3) is 0 Å². The van der Waals surface area contributed by atoms with Crippen LogP contribution in [-0.2, 0) is 0 Å². The van der Waals surface area contributed by atoms with Crippen molar-refractivity contribution < 1.29 is 19.5 Å². The molecule has 7 nitrogen and oxygen atoms in total. The van der Waals surface area contributed by atoms with Crippen LogP contribution in [0.4, 0.5) is 11.4 Å². The molecule has 118 valence electrons. The second-order valence-corrected chi connectivity index (χ2v) is 5.04. The molecule has 0 atom stereocenters. The third-order valence-corrected chi connectivity index (χ3v) is 3.40. The Labute approximate surface area is 132 Å². The molecule has 1 aliphatic heterocycles. The van der Waals surface area contributed by atoms with Gasteiger partial charge >= 0.3 is 0 Å². The molecule has 1 aliphatic rings. The number of hydrogen-bond acceptors (Lipinski definition) is 6. The minimum Gasteiger partial charge on any atom is -0.507 e. The lowest BCUT2D eigenvalue weighted by molar-refractivity contribution is -0.384. The van der Waals surface area contributed by atoms with Crippen LogP contribution in [0.1, 0.15) is 11.1 Å². The Morgan fingerprint density at radius 3 is 2.70 bits per heavy atom. The van der Waals surface area contributed by atoms with Gasteiger partial charge in [0.15, 0.2) is 11.5 Å². The molecule has 0 saturated heterocycles. The van der Waals surface area contributed by atoms with Crippen molar-refractivity contribution in [3.05, 3.63) is 51.6 Å². The van der Waals surface area contributed by atoms with Gasteiger partial charge in [-0.3, -0.25) is 15.1 Å². The molecule has 0 fully saturated rings. The third-order valence-electron chi connectivity index (χ3n) is 3.40. The van der Waals surface area contributed by atoms with Crippen LogP contribution < -0.4 is 9.47 Å². The quantitative estimate of drug-likeness (QED) is 0.533. The Balaban J connectivity index is 1.92. The van der Waals surface area contributed by atoms with Gasteiger partial charge in [0.25, 0.3) is 5.69 Å². The van der Waals surface area contributed by atoms with Crippen LogP contribution in [0.2, 0.25) is 0 Å². The largest absolute Gasteiger partial charge is 0.507 e. The first-order valence-corrected chi connectivity index (χ1v) is 6.96. The van der Waals surface area contributed by atoms with Crippen LogP contribution in [-0.4, -0.2) is 29.5 Å². The molecular weight excluding hydrogens is 300 g/mol. The summed E-state index contributed by atoms with van der Waals surface area (Å²) < 4.78 is 10.9. The summed E-state index contributed by atoms with van der Waals surface area (Å²) in [5.74, 6) is 1.23. The average Bonchev–Trinajstić information content (AvgIpc) is 2.55. The van der Waals surface area contributed by atoms with Gasteiger partial charge in [-0.25, -0.2) is 0 Å². The normalized spacial score (nSPS) is 13.3. The molecule has 1 heterocycles. The zero-order chi connectivity index (χ0) is 16.4. The summed E-state index contributed by atoms with van der Waals surface area (Å²) in [5.41, 5.74) is 1.20. The number of rotatable bonds is 3. The molecule has 0 aliphatic carbocycles. The van der Waals surface area contributed by atoms with Gasteiger partial charge in [-0.05, 0) is 24.6 Å². The number of aryl methyl sites for hydroxylation is 1. The fourth-order valence-corrected chi connectivity index (χ4v) is 2.25. The lowest BCUT2D eigenvalue weighted by Crippen LogP contribution is -2.14. The van der Waals surface area contributed by atoms with E-state index in [9.17, 15) is 15.2 Å². The summed E-state index contributed by atoms with van der Waals surface area (Å²) >= 11 is 0. The number of aliphatic imine (C=N–C) groups is 1. The number of nitro groups is 1. The summed E-state index contributed by atoms with van der Waals surface area (Å²) in [6.07, 6.45) is 1.39. The third kappa shape index (κ3) is 3.08. The van der Waals surface area contributed by atoms with Gasteiger partial charge in [0, 0.05) is 30.0 Å². The van der Waals surface area contributed by atoms with E-state index in [1.54, 1.807) is 25.1 Å². The van der Waals surface area contributed by atoms with Crippen LogP contribution in [0, 0.1) is 17.0 Å². The zero-order valence-corrected chi connectivity index (χ0v) is 12.4. The van der Waals surface area contributed by atoms with Gasteiger partial charge in [-0.2, -0.15) is 0 Å². The van der Waals surface area contributed by atoms with Crippen LogP contribution in [0.15, 0.2) is 35.3 Å². The smallest absolute Gasteiger partial charge is 0.270 e. The van der Waals surface area contributed by atoms with Crippen LogP contribution >= 0.6 is 0 Å². The van der Waals surface area contributed by atoms with Crippen molar-refractivity contribution in [2.75, 3.05) is 13.2 Å². The van der Waals surface area contributed by atoms with E-state index in [1.807, 2.05) is 0 Å². The Morgan fingerprint density at radius 1 is 1.22 bits per heavy atom. The summed E-state index contributed by atoms with van der Waals surface area (Å²) in [7, 11) is 0. The number of nitrogens with zero attached hydrogens (tertiary/aromatic N) is 2. The fraction of sp³-hybridized carbons (Fsp3) is 0.188. The monoisotopic (exact) mass is 314 g/mol. The number of hydrogen-bond donors (Lipinski definition) is 1. The summed E-state index contributed by atoms with van der Waals surface area (Å²) in [5, 5.41) is 20.9. The number of nitro benzene ring substituents is 1. The molecule has 0 unspecified atom stereocenters. The molecule has 0 radical (unpaired) electrons. The molecule has 2 aromatic rings. The highest BCUT2D eigenvalue weighted by molar-refractivity contribution is 5.87. The molecule has 0 spiro atoms. The number of ether oxygens (including phenoxy) is 2. The molecule has 0 amide bonds. The topological polar surface area (TPSA) is 94.2 Å². The number of phenols is 1. The van der Waals surface area contributed by atoms with Gasteiger partial charge in [-0.15, -0.1) is 0 Å². The van der Waals surface area contributed by atoms with Crippen molar-refractivity contribution in [3.63, 3.8) is 0 Å². The van der Waals surface area contributed by atoms with E-state index in [1.165, 1.54) is 18.3 Å². The Hall–Kier alpha value is -3.09. The molecule has 23 heavy (non-hydrogen) atoms. The molecule has 7 heteroatoms. The van der Waals surface area contributed by atoms with Gasteiger partial charge < -0.3 is 14.6 Å². The van der Waals surface area contributed by atoms with Gasteiger partial charge in [-0.1, -0.05) is 0 Å². The lowest BCUT2D eigenvalue weighted by atomic mass is 10.1. The maximum absolute atomic E-state index is 10.9. The number of phenolic OH excluding ortho intramolecular Hbond substituents is 1. The van der Waals surface area contributed by atoms with E-state index in [-0.39, 0.29) is 17.0 Å². The van der Waals surface area contributed by atoms with E-state index < -0.39 is 4.92 Å². The van der Waals surface area contributed by atoms with Crippen LogP contribution in [0.3, 0.4) is 0 Å². The first kappa shape index (κ1) is 14.8. The van der Waals surface area contributed by atoms with Gasteiger partial charge in [0.2, 0.25) is 0 Å². The minimum atomic E-state index is -0.506. The van der Waals surface area contributed by atoms with E-state index in [2.05, 4.69) is 4.99 Å². The van der Waals surface area contributed by atoms with Crippen LogP contribution in [0.5, 0.6) is 17.2 Å². The van der Waals surface area contributed by atoms with E-state index in [4.69, 9.17) is 9.47 Å². The Kier molecular flexibility index (Phi) is 3.84. The Bertz CT molecular complexity index is 801. The number of aromatic hydroxyl groups is 1. The molecule has 0 bridgehead atoms. The fourth-order valence-electron chi connectivity index (χ4n) is 2.25. The highest BCUT2D eigenvalue weighted by Crippen LogP contribution is 2.34. The predicted molar refractivity (Wildman–Crippen MR) is 84.2 cm³/mol. The van der Waals surface area contributed by atoms with Crippen molar-refractivity contribution in [3.8, 4) is 17.2 Å². The number of non-ortho nitro benzene ring substituents is 1. The molecule has 1 N–H and O–H groups in total. The molecule has 3 rings (SSSR count). The van der Waals surface area contributed by atoms with Crippen molar-refractivity contribution in [1.82, 2.24) is 0 Å². The molecule has 0 aromatic heterocycles. The predicted octanol–water partition coefficient (Wildman–Crippen LogP) is 3.13. The maximum atomic E-state index is 10.9. The minimum absolute atomic E-state index is 0.0307. The lowest BCUT2D eigenvalue weighted by Gasteiger charge is -2.18. The highest BCUT2D eigenvalue weighted by atomic mass is 16.6. The number of benzene rings is 2. The molecule has 2 aromatic carbocycles.